The van der Waals surface area contributed by atoms with E-state index in [1.807, 2.05) is 0 Å². The summed E-state index contributed by atoms with van der Waals surface area (Å²) in [6.45, 7) is 0. The quantitative estimate of drug-likeness (QED) is 0.503. The Hall–Kier alpha value is -2.54. The predicted molar refractivity (Wildman–Crippen MR) is 84.9 cm³/mol. The maximum atomic E-state index is 13.6. The molecule has 2 aromatic carbocycles. The van der Waals surface area contributed by atoms with Gasteiger partial charge < -0.3 is 5.32 Å². The van der Waals surface area contributed by atoms with Crippen LogP contribution in [0.4, 0.5) is 15.8 Å². The number of nitro groups is 1. The zero-order valence-electron chi connectivity index (χ0n) is 11.1. The Labute approximate surface area is 133 Å². The lowest BCUT2D eigenvalue weighted by Gasteiger charge is -2.04. The maximum Gasteiger partial charge on any atom is 0.276 e. The number of carbonyl (C=O) groups excluding carboxylic acids is 1. The average Bonchev–Trinajstić information content (AvgIpc) is 2.48. The smallest absolute Gasteiger partial charge is 0.276 e. The van der Waals surface area contributed by atoms with E-state index in [1.54, 1.807) is 12.1 Å². The number of anilines is 1. The van der Waals surface area contributed by atoms with E-state index in [-0.39, 0.29) is 11.4 Å². The van der Waals surface area contributed by atoms with Crippen LogP contribution in [0.3, 0.4) is 0 Å². The van der Waals surface area contributed by atoms with Crippen molar-refractivity contribution in [3.63, 3.8) is 0 Å². The molecule has 0 unspecified atom stereocenters. The van der Waals surface area contributed by atoms with E-state index in [9.17, 15) is 19.3 Å². The van der Waals surface area contributed by atoms with Crippen molar-refractivity contribution in [2.75, 3.05) is 5.32 Å². The van der Waals surface area contributed by atoms with Gasteiger partial charge in [-0.1, -0.05) is 28.1 Å². The molecule has 0 aliphatic heterocycles. The fourth-order valence-electron chi connectivity index (χ4n) is 1.73. The van der Waals surface area contributed by atoms with Gasteiger partial charge in [0, 0.05) is 16.6 Å². The number of amides is 1. The van der Waals surface area contributed by atoms with Gasteiger partial charge >= 0.3 is 0 Å². The van der Waals surface area contributed by atoms with Crippen LogP contribution in [0.5, 0.6) is 0 Å². The normalized spacial score (nSPS) is 10.6. The second-order valence-electron chi connectivity index (χ2n) is 4.26. The molecule has 0 spiro atoms. The van der Waals surface area contributed by atoms with Crippen molar-refractivity contribution in [3.05, 3.63) is 74.5 Å². The van der Waals surface area contributed by atoms with Gasteiger partial charge in [0.05, 0.1) is 16.2 Å². The first-order valence-corrected chi connectivity index (χ1v) is 6.94. The number of nitrogens with zero attached hydrogens (tertiary/aromatic N) is 1. The molecule has 22 heavy (non-hydrogen) atoms. The van der Waals surface area contributed by atoms with Crippen molar-refractivity contribution in [2.45, 2.75) is 0 Å². The summed E-state index contributed by atoms with van der Waals surface area (Å²) in [5.41, 5.74) is 0.209. The lowest BCUT2D eigenvalue weighted by molar-refractivity contribution is -0.385. The summed E-state index contributed by atoms with van der Waals surface area (Å²) < 4.78 is 14.1. The van der Waals surface area contributed by atoms with Crippen LogP contribution in [0.1, 0.15) is 5.56 Å². The lowest BCUT2D eigenvalue weighted by Crippen LogP contribution is -2.09. The zero-order chi connectivity index (χ0) is 16.1. The van der Waals surface area contributed by atoms with E-state index < -0.39 is 16.6 Å². The first kappa shape index (κ1) is 15.8. The minimum atomic E-state index is -0.584. The van der Waals surface area contributed by atoms with Crippen molar-refractivity contribution in [3.8, 4) is 0 Å². The number of rotatable bonds is 4. The van der Waals surface area contributed by atoms with Gasteiger partial charge in [-0.05, 0) is 30.3 Å². The third-order valence-corrected chi connectivity index (χ3v) is 3.23. The molecule has 0 heterocycles. The molecule has 2 aromatic rings. The first-order chi connectivity index (χ1) is 10.5. The topological polar surface area (TPSA) is 72.2 Å². The summed E-state index contributed by atoms with van der Waals surface area (Å²) in [6, 6.07) is 10.2. The zero-order valence-corrected chi connectivity index (χ0v) is 12.7. The van der Waals surface area contributed by atoms with Crippen molar-refractivity contribution < 1.29 is 14.1 Å². The molecule has 0 saturated carbocycles. The van der Waals surface area contributed by atoms with Crippen LogP contribution in [0.2, 0.25) is 0 Å². The molecule has 1 amide bonds. The highest BCUT2D eigenvalue weighted by Gasteiger charge is 2.10. The van der Waals surface area contributed by atoms with Crippen LogP contribution in [0, 0.1) is 15.9 Å². The van der Waals surface area contributed by atoms with Gasteiger partial charge in [0.15, 0.2) is 0 Å². The molecule has 0 aromatic heterocycles. The van der Waals surface area contributed by atoms with Gasteiger partial charge in [-0.15, -0.1) is 0 Å². The van der Waals surface area contributed by atoms with E-state index in [1.165, 1.54) is 36.4 Å². The maximum absolute atomic E-state index is 13.6. The molecule has 0 aliphatic rings. The van der Waals surface area contributed by atoms with E-state index in [2.05, 4.69) is 21.2 Å². The molecule has 0 aliphatic carbocycles. The number of hydrogen-bond acceptors (Lipinski definition) is 3. The van der Waals surface area contributed by atoms with Crippen LogP contribution in [0.25, 0.3) is 6.08 Å². The number of carbonyl (C=O) groups is 1. The van der Waals surface area contributed by atoms with Crippen molar-refractivity contribution in [1.82, 2.24) is 0 Å². The van der Waals surface area contributed by atoms with Gasteiger partial charge in [-0.2, -0.15) is 0 Å². The molecular weight excluding hydrogens is 355 g/mol. The standard InChI is InChI=1S/C15H10BrFN2O3/c16-11-6-7-13(12(17)9-11)18-15(20)8-5-10-3-1-2-4-14(10)19(21)22/h1-9H,(H,18,20)/b8-5+. The molecule has 0 saturated heterocycles. The second kappa shape index (κ2) is 6.95. The summed E-state index contributed by atoms with van der Waals surface area (Å²) in [7, 11) is 0. The number of nitrogens with one attached hydrogen (secondary N) is 1. The average molecular weight is 365 g/mol. The third-order valence-electron chi connectivity index (χ3n) is 2.74. The molecule has 2 rings (SSSR count). The van der Waals surface area contributed by atoms with Gasteiger partial charge in [-0.3, -0.25) is 14.9 Å². The van der Waals surface area contributed by atoms with E-state index in [0.29, 0.717) is 10.0 Å². The molecule has 0 bridgehead atoms. The highest BCUT2D eigenvalue weighted by atomic mass is 79.9. The van der Waals surface area contributed by atoms with Crippen LogP contribution in [0.15, 0.2) is 53.0 Å². The summed E-state index contributed by atoms with van der Waals surface area (Å²) in [5, 5.41) is 13.2. The van der Waals surface area contributed by atoms with Crippen molar-refractivity contribution in [2.24, 2.45) is 0 Å². The van der Waals surface area contributed by atoms with E-state index in [4.69, 9.17) is 0 Å². The second-order valence-corrected chi connectivity index (χ2v) is 5.18. The Bertz CT molecular complexity index is 762. The molecule has 0 fully saturated rings. The molecular formula is C15H10BrFN2O3. The molecule has 112 valence electrons. The fourth-order valence-corrected chi connectivity index (χ4v) is 2.06. The number of nitro benzene ring substituents is 1. The predicted octanol–water partition coefficient (Wildman–Crippen LogP) is 4.15. The Morgan fingerprint density at radius 2 is 2.00 bits per heavy atom. The van der Waals surface area contributed by atoms with Crippen LogP contribution < -0.4 is 5.32 Å². The molecule has 5 nitrogen and oxygen atoms in total. The summed E-state index contributed by atoms with van der Waals surface area (Å²) in [4.78, 5) is 22.1. The summed E-state index contributed by atoms with van der Waals surface area (Å²) in [5.74, 6) is -1.17. The molecule has 7 heteroatoms. The van der Waals surface area contributed by atoms with E-state index >= 15 is 0 Å². The van der Waals surface area contributed by atoms with Gasteiger partial charge in [0.1, 0.15) is 5.82 Å². The van der Waals surface area contributed by atoms with Crippen LogP contribution >= 0.6 is 15.9 Å². The lowest BCUT2D eigenvalue weighted by atomic mass is 10.1. The number of hydrogen-bond donors (Lipinski definition) is 1. The summed E-state index contributed by atoms with van der Waals surface area (Å²) >= 11 is 3.11. The highest BCUT2D eigenvalue weighted by Crippen LogP contribution is 2.20. The fraction of sp³-hybridized carbons (Fsp3) is 0. The monoisotopic (exact) mass is 364 g/mol. The largest absolute Gasteiger partial charge is 0.320 e. The number of para-hydroxylation sites is 1. The molecule has 0 radical (unpaired) electrons. The highest BCUT2D eigenvalue weighted by molar-refractivity contribution is 9.10. The minimum absolute atomic E-state index is 0.0282. The van der Waals surface area contributed by atoms with Gasteiger partial charge in [0.25, 0.3) is 5.69 Å². The van der Waals surface area contributed by atoms with Crippen LogP contribution in [-0.2, 0) is 4.79 Å². The Kier molecular flexibility index (Phi) is 5.00. The van der Waals surface area contributed by atoms with Crippen molar-refractivity contribution >= 4 is 39.3 Å². The van der Waals surface area contributed by atoms with Gasteiger partial charge in [-0.25, -0.2) is 4.39 Å². The number of halogens is 2. The Balaban J connectivity index is 2.14. The van der Waals surface area contributed by atoms with Crippen LogP contribution in [-0.4, -0.2) is 10.8 Å². The SMILES string of the molecule is O=C(/C=C/c1ccccc1[N+](=O)[O-])Nc1ccc(Br)cc1F. The first-order valence-electron chi connectivity index (χ1n) is 6.15. The minimum Gasteiger partial charge on any atom is -0.320 e. The van der Waals surface area contributed by atoms with Gasteiger partial charge in [0.2, 0.25) is 5.91 Å². The molecule has 0 atom stereocenters. The number of benzene rings is 2. The Morgan fingerprint density at radius 3 is 2.68 bits per heavy atom. The van der Waals surface area contributed by atoms with E-state index in [0.717, 1.165) is 6.08 Å². The van der Waals surface area contributed by atoms with Crippen molar-refractivity contribution in [1.29, 1.82) is 0 Å². The Morgan fingerprint density at radius 1 is 1.27 bits per heavy atom. The molecule has 1 N–H and O–H groups in total. The third kappa shape index (κ3) is 3.98. The summed E-state index contributed by atoms with van der Waals surface area (Å²) in [6.07, 6.45) is 2.42.